The first-order valence-corrected chi connectivity index (χ1v) is 7.25. The third-order valence-electron chi connectivity index (χ3n) is 2.46. The van der Waals surface area contributed by atoms with Crippen LogP contribution in [0.1, 0.15) is 32.2 Å². The van der Waals surface area contributed by atoms with Gasteiger partial charge in [-0.2, -0.15) is 4.31 Å². The second-order valence-electron chi connectivity index (χ2n) is 5.34. The van der Waals surface area contributed by atoms with Crippen LogP contribution in [0.15, 0.2) is 10.6 Å². The van der Waals surface area contributed by atoms with Crippen LogP contribution in [0.25, 0.3) is 0 Å². The molecule has 0 amide bonds. The Bertz CT molecular complexity index is 556. The van der Waals surface area contributed by atoms with Crippen LogP contribution in [-0.2, 0) is 26.0 Å². The van der Waals surface area contributed by atoms with Gasteiger partial charge in [-0.25, -0.2) is 8.42 Å². The third-order valence-corrected chi connectivity index (χ3v) is 4.20. The van der Waals surface area contributed by atoms with E-state index >= 15 is 0 Å². The van der Waals surface area contributed by atoms with Crippen LogP contribution in [0.2, 0.25) is 0 Å². The van der Waals surface area contributed by atoms with E-state index in [9.17, 15) is 13.2 Å². The Labute approximate surface area is 112 Å². The summed E-state index contributed by atoms with van der Waals surface area (Å²) in [6.45, 7) is 5.18. The van der Waals surface area contributed by atoms with Crippen molar-refractivity contribution in [3.05, 3.63) is 17.5 Å². The van der Waals surface area contributed by atoms with Crippen LogP contribution >= 0.6 is 0 Å². The first kappa shape index (κ1) is 15.6. The van der Waals surface area contributed by atoms with Crippen molar-refractivity contribution >= 4 is 16.0 Å². The Balaban J connectivity index is 2.84. The van der Waals surface area contributed by atoms with Gasteiger partial charge in [-0.15, -0.1) is 0 Å². The van der Waals surface area contributed by atoms with Crippen molar-refractivity contribution in [1.29, 1.82) is 0 Å². The number of carboxylic acids is 1. The van der Waals surface area contributed by atoms with Gasteiger partial charge in [-0.3, -0.25) is 4.79 Å². The number of hydrogen-bond donors (Lipinski definition) is 1. The first-order chi connectivity index (χ1) is 8.52. The molecule has 0 radical (unpaired) electrons. The molecule has 0 aliphatic rings. The Morgan fingerprint density at radius 3 is 2.47 bits per heavy atom. The standard InChI is InChI=1S/C11H18N2O5S/c1-11(2,3)9-5-8(12-18-9)7-19(16,17)13(4)6-10(14)15/h5H,6-7H2,1-4H3,(H,14,15). The number of carboxylic acid groups (broad SMARTS) is 1. The maximum atomic E-state index is 11.9. The average molecular weight is 290 g/mol. The van der Waals surface area contributed by atoms with E-state index in [0.29, 0.717) is 5.76 Å². The quantitative estimate of drug-likeness (QED) is 0.861. The molecule has 1 heterocycles. The SMILES string of the molecule is CN(CC(=O)O)S(=O)(=O)Cc1cc(C(C)(C)C)on1. The molecule has 0 unspecified atom stereocenters. The Hall–Kier alpha value is -1.41. The van der Waals surface area contributed by atoms with Crippen molar-refractivity contribution in [3.8, 4) is 0 Å². The van der Waals surface area contributed by atoms with Gasteiger partial charge in [0.15, 0.2) is 0 Å². The lowest BCUT2D eigenvalue weighted by molar-refractivity contribution is -0.137. The third kappa shape index (κ3) is 4.32. The molecule has 0 aliphatic heterocycles. The van der Waals surface area contributed by atoms with Gasteiger partial charge in [0.05, 0.1) is 0 Å². The molecule has 19 heavy (non-hydrogen) atoms. The average Bonchev–Trinajstić information content (AvgIpc) is 2.63. The summed E-state index contributed by atoms with van der Waals surface area (Å²) >= 11 is 0. The van der Waals surface area contributed by atoms with Crippen molar-refractivity contribution < 1.29 is 22.8 Å². The predicted octanol–water partition coefficient (Wildman–Crippen LogP) is 0.818. The summed E-state index contributed by atoms with van der Waals surface area (Å²) in [6, 6.07) is 1.58. The van der Waals surface area contributed by atoms with Gasteiger partial charge >= 0.3 is 5.97 Å². The van der Waals surface area contributed by atoms with E-state index in [1.165, 1.54) is 7.05 Å². The summed E-state index contributed by atoms with van der Waals surface area (Å²) in [7, 11) is -2.49. The molecular weight excluding hydrogens is 272 g/mol. The molecule has 1 aromatic heterocycles. The maximum absolute atomic E-state index is 11.9. The molecule has 0 aromatic carbocycles. The number of carbonyl (C=O) groups is 1. The molecule has 0 bridgehead atoms. The van der Waals surface area contributed by atoms with Gasteiger partial charge in [0.2, 0.25) is 10.0 Å². The number of sulfonamides is 1. The van der Waals surface area contributed by atoms with Crippen molar-refractivity contribution in [2.24, 2.45) is 0 Å². The largest absolute Gasteiger partial charge is 0.480 e. The molecule has 0 aliphatic carbocycles. The van der Waals surface area contributed by atoms with Crippen LogP contribution in [0.3, 0.4) is 0 Å². The Kier molecular flexibility index (Phi) is 4.36. The fourth-order valence-corrected chi connectivity index (χ4v) is 2.36. The molecule has 8 heteroatoms. The number of aliphatic carboxylic acids is 1. The molecule has 1 N–H and O–H groups in total. The maximum Gasteiger partial charge on any atom is 0.318 e. The lowest BCUT2D eigenvalue weighted by atomic mass is 9.93. The van der Waals surface area contributed by atoms with Gasteiger partial charge in [-0.1, -0.05) is 25.9 Å². The number of rotatable bonds is 5. The monoisotopic (exact) mass is 290 g/mol. The number of hydrogen-bond acceptors (Lipinski definition) is 5. The highest BCUT2D eigenvalue weighted by atomic mass is 32.2. The van der Waals surface area contributed by atoms with Crippen LogP contribution in [0, 0.1) is 0 Å². The van der Waals surface area contributed by atoms with Crippen LogP contribution < -0.4 is 0 Å². The van der Waals surface area contributed by atoms with E-state index in [0.717, 1.165) is 4.31 Å². The van der Waals surface area contributed by atoms with Crippen molar-refractivity contribution in [2.75, 3.05) is 13.6 Å². The lowest BCUT2D eigenvalue weighted by Gasteiger charge is -2.13. The van der Waals surface area contributed by atoms with Gasteiger partial charge in [0.25, 0.3) is 0 Å². The van der Waals surface area contributed by atoms with E-state index in [2.05, 4.69) is 5.16 Å². The molecule has 0 saturated heterocycles. The molecule has 0 saturated carbocycles. The van der Waals surface area contributed by atoms with Crippen LogP contribution in [0.5, 0.6) is 0 Å². The number of nitrogens with zero attached hydrogens (tertiary/aromatic N) is 2. The lowest BCUT2D eigenvalue weighted by Crippen LogP contribution is -2.33. The normalized spacial score (nSPS) is 12.9. The molecule has 108 valence electrons. The van der Waals surface area contributed by atoms with E-state index in [1.54, 1.807) is 6.07 Å². The zero-order chi connectivity index (χ0) is 14.8. The van der Waals surface area contributed by atoms with Crippen molar-refractivity contribution in [1.82, 2.24) is 9.46 Å². The van der Waals surface area contributed by atoms with Gasteiger partial charge in [0, 0.05) is 18.5 Å². The summed E-state index contributed by atoms with van der Waals surface area (Å²) < 4.78 is 29.6. The fraction of sp³-hybridized carbons (Fsp3) is 0.636. The second kappa shape index (κ2) is 5.30. The minimum absolute atomic E-state index is 0.262. The summed E-state index contributed by atoms with van der Waals surface area (Å²) in [5.41, 5.74) is 0.00397. The summed E-state index contributed by atoms with van der Waals surface area (Å²) in [6.07, 6.45) is 0. The van der Waals surface area contributed by atoms with Gasteiger partial charge < -0.3 is 9.63 Å². The Morgan fingerprint density at radius 2 is 2.05 bits per heavy atom. The summed E-state index contributed by atoms with van der Waals surface area (Å²) in [4.78, 5) is 10.5. The van der Waals surface area contributed by atoms with Gasteiger partial charge in [0.1, 0.15) is 23.8 Å². The first-order valence-electron chi connectivity index (χ1n) is 5.64. The molecule has 7 nitrogen and oxygen atoms in total. The van der Waals surface area contributed by atoms with E-state index in [1.807, 2.05) is 20.8 Å². The molecule has 0 atom stereocenters. The minimum atomic E-state index is -3.71. The zero-order valence-corrected chi connectivity index (χ0v) is 12.2. The number of likely N-dealkylation sites (N-methyl/N-ethyl adjacent to an activating group) is 1. The highest BCUT2D eigenvalue weighted by Crippen LogP contribution is 2.23. The molecule has 0 fully saturated rings. The number of aromatic nitrogens is 1. The highest BCUT2D eigenvalue weighted by molar-refractivity contribution is 7.88. The molecule has 1 rings (SSSR count). The van der Waals surface area contributed by atoms with Crippen molar-refractivity contribution in [2.45, 2.75) is 31.9 Å². The molecule has 0 spiro atoms. The van der Waals surface area contributed by atoms with E-state index < -0.39 is 22.5 Å². The van der Waals surface area contributed by atoms with Gasteiger partial charge in [-0.05, 0) is 0 Å². The van der Waals surface area contributed by atoms with Crippen LogP contribution in [0.4, 0.5) is 0 Å². The van der Waals surface area contributed by atoms with E-state index in [-0.39, 0.29) is 16.9 Å². The fourth-order valence-electron chi connectivity index (χ4n) is 1.32. The smallest absolute Gasteiger partial charge is 0.318 e. The van der Waals surface area contributed by atoms with Crippen molar-refractivity contribution in [3.63, 3.8) is 0 Å². The van der Waals surface area contributed by atoms with E-state index in [4.69, 9.17) is 9.63 Å². The Morgan fingerprint density at radius 1 is 1.47 bits per heavy atom. The minimum Gasteiger partial charge on any atom is -0.480 e. The van der Waals surface area contributed by atoms with Crippen LogP contribution in [-0.4, -0.2) is 42.5 Å². The molecule has 1 aromatic rings. The predicted molar refractivity (Wildman–Crippen MR) is 68.1 cm³/mol. The summed E-state index contributed by atoms with van der Waals surface area (Å²) in [5, 5.41) is 12.3. The second-order valence-corrected chi connectivity index (χ2v) is 7.41. The summed E-state index contributed by atoms with van der Waals surface area (Å²) in [5.74, 6) is -1.00. The highest BCUT2D eigenvalue weighted by Gasteiger charge is 2.25. The molecular formula is C11H18N2O5S. The topological polar surface area (TPSA) is 101 Å². The zero-order valence-electron chi connectivity index (χ0n) is 11.4.